The van der Waals surface area contributed by atoms with Gasteiger partial charge in [0.1, 0.15) is 11.9 Å². The van der Waals surface area contributed by atoms with Crippen LogP contribution < -0.4 is 9.80 Å². The minimum absolute atomic E-state index is 0.114. The summed E-state index contributed by atoms with van der Waals surface area (Å²) in [6, 6.07) is 11.2. The average molecular weight is 462 g/mol. The number of fused-ring (bicyclic) bond motifs is 1. The fourth-order valence-electron chi connectivity index (χ4n) is 5.37. The molecule has 0 unspecified atom stereocenters. The highest BCUT2D eigenvalue weighted by atomic mass is 19.1. The fraction of sp³-hybridized carbons (Fsp3) is 0.464. The SMILES string of the molecule is CC[C@H](O)C#Cc1ccc2c(c1)CCN(c1ccc(N3CC[C@@H](N4CCCC4)C3)c(F)c1)C2=O. The average Bonchev–Trinajstić information content (AvgIpc) is 3.55. The van der Waals surface area contributed by atoms with Crippen molar-refractivity contribution in [3.05, 3.63) is 58.9 Å². The first-order chi connectivity index (χ1) is 16.5. The van der Waals surface area contributed by atoms with Crippen LogP contribution in [0, 0.1) is 17.7 Å². The minimum atomic E-state index is -0.641. The van der Waals surface area contributed by atoms with Crippen LogP contribution >= 0.6 is 0 Å². The molecule has 2 saturated heterocycles. The zero-order valence-electron chi connectivity index (χ0n) is 19.8. The second kappa shape index (κ2) is 9.77. The molecule has 0 saturated carbocycles. The molecule has 1 amide bonds. The molecule has 0 aromatic heterocycles. The van der Waals surface area contributed by atoms with Crippen molar-refractivity contribution in [3.63, 3.8) is 0 Å². The number of amides is 1. The second-order valence-electron chi connectivity index (χ2n) is 9.54. The van der Waals surface area contributed by atoms with Crippen LogP contribution in [-0.4, -0.2) is 60.8 Å². The Balaban J connectivity index is 1.30. The van der Waals surface area contributed by atoms with Crippen molar-refractivity contribution in [2.45, 2.75) is 51.2 Å². The lowest BCUT2D eigenvalue weighted by atomic mass is 9.96. The van der Waals surface area contributed by atoms with Crippen molar-refractivity contribution < 1.29 is 14.3 Å². The molecule has 3 heterocycles. The van der Waals surface area contributed by atoms with E-state index in [1.165, 1.54) is 18.9 Å². The zero-order valence-corrected chi connectivity index (χ0v) is 19.8. The van der Waals surface area contributed by atoms with Gasteiger partial charge in [0.25, 0.3) is 5.91 Å². The molecule has 0 aliphatic carbocycles. The Bertz CT molecular complexity index is 1130. The van der Waals surface area contributed by atoms with Crippen molar-refractivity contribution in [3.8, 4) is 11.8 Å². The van der Waals surface area contributed by atoms with E-state index in [4.69, 9.17) is 0 Å². The van der Waals surface area contributed by atoms with E-state index in [1.807, 2.05) is 31.2 Å². The Labute approximate surface area is 201 Å². The molecule has 1 N–H and O–H groups in total. The Morgan fingerprint density at radius 3 is 2.71 bits per heavy atom. The number of hydrogen-bond donors (Lipinski definition) is 1. The van der Waals surface area contributed by atoms with E-state index >= 15 is 4.39 Å². The van der Waals surface area contributed by atoms with E-state index in [0.717, 1.165) is 43.7 Å². The number of hydrogen-bond acceptors (Lipinski definition) is 4. The first kappa shape index (κ1) is 22.9. The molecule has 5 nitrogen and oxygen atoms in total. The Hall–Kier alpha value is -2.88. The lowest BCUT2D eigenvalue weighted by Crippen LogP contribution is -2.38. The van der Waals surface area contributed by atoms with Gasteiger partial charge in [0.05, 0.1) is 5.69 Å². The van der Waals surface area contributed by atoms with E-state index in [-0.39, 0.29) is 11.7 Å². The molecule has 178 valence electrons. The predicted octanol–water partition coefficient (Wildman–Crippen LogP) is 3.83. The third kappa shape index (κ3) is 4.55. The topological polar surface area (TPSA) is 47.0 Å². The molecular formula is C28H32FN3O2. The molecule has 6 heteroatoms. The van der Waals surface area contributed by atoms with Gasteiger partial charge in [-0.15, -0.1) is 0 Å². The monoisotopic (exact) mass is 461 g/mol. The van der Waals surface area contributed by atoms with Gasteiger partial charge < -0.3 is 14.9 Å². The predicted molar refractivity (Wildman–Crippen MR) is 133 cm³/mol. The Morgan fingerprint density at radius 2 is 1.94 bits per heavy atom. The first-order valence-corrected chi connectivity index (χ1v) is 12.5. The van der Waals surface area contributed by atoms with Crippen LogP contribution in [0.1, 0.15) is 54.1 Å². The molecule has 3 aliphatic rings. The van der Waals surface area contributed by atoms with Crippen LogP contribution in [0.2, 0.25) is 0 Å². The molecule has 2 aromatic rings. The number of rotatable bonds is 4. The van der Waals surface area contributed by atoms with E-state index in [9.17, 15) is 9.90 Å². The first-order valence-electron chi connectivity index (χ1n) is 12.5. The Kier molecular flexibility index (Phi) is 6.58. The van der Waals surface area contributed by atoms with Gasteiger partial charge in [0.15, 0.2) is 0 Å². The summed E-state index contributed by atoms with van der Waals surface area (Å²) >= 11 is 0. The highest BCUT2D eigenvalue weighted by Crippen LogP contribution is 2.32. The van der Waals surface area contributed by atoms with Crippen LogP contribution in [0.4, 0.5) is 15.8 Å². The maximum absolute atomic E-state index is 15.2. The van der Waals surface area contributed by atoms with E-state index < -0.39 is 6.10 Å². The quantitative estimate of drug-likeness (QED) is 0.704. The highest BCUT2D eigenvalue weighted by molar-refractivity contribution is 6.08. The summed E-state index contributed by atoms with van der Waals surface area (Å²) in [6.07, 6.45) is 4.23. The summed E-state index contributed by atoms with van der Waals surface area (Å²) in [5.41, 5.74) is 3.60. The molecule has 34 heavy (non-hydrogen) atoms. The smallest absolute Gasteiger partial charge is 0.258 e. The number of nitrogens with zero attached hydrogens (tertiary/aromatic N) is 3. The number of carbonyl (C=O) groups excluding carboxylic acids is 1. The third-order valence-electron chi connectivity index (χ3n) is 7.36. The number of benzene rings is 2. The number of likely N-dealkylation sites (tertiary alicyclic amines) is 1. The standard InChI is InChI=1S/C28H32FN3O2/c1-2-24(33)8-5-20-6-9-25-21(17-20)11-16-32(28(25)34)22-7-10-27(26(29)18-22)31-15-12-23(19-31)30-13-3-4-14-30/h6-7,9-10,17-18,23-24,33H,2-4,11-16,19H2,1H3/t23-,24+/m1/s1. The van der Waals surface area contributed by atoms with Gasteiger partial charge in [-0.3, -0.25) is 9.69 Å². The largest absolute Gasteiger partial charge is 0.380 e. The van der Waals surface area contributed by atoms with Crippen molar-refractivity contribution in [2.24, 2.45) is 0 Å². The van der Waals surface area contributed by atoms with Crippen LogP contribution in [0.15, 0.2) is 36.4 Å². The van der Waals surface area contributed by atoms with Crippen molar-refractivity contribution >= 4 is 17.3 Å². The fourth-order valence-corrected chi connectivity index (χ4v) is 5.37. The molecule has 0 radical (unpaired) electrons. The normalized spacial score (nSPS) is 21.4. The number of carbonyl (C=O) groups is 1. The lowest BCUT2D eigenvalue weighted by Gasteiger charge is -2.30. The van der Waals surface area contributed by atoms with Crippen LogP contribution in [0.25, 0.3) is 0 Å². The summed E-state index contributed by atoms with van der Waals surface area (Å²) in [5, 5.41) is 9.66. The van der Waals surface area contributed by atoms with Gasteiger partial charge in [-0.2, -0.15) is 0 Å². The summed E-state index contributed by atoms with van der Waals surface area (Å²) in [6.45, 7) is 6.44. The van der Waals surface area contributed by atoms with Crippen molar-refractivity contribution in [1.29, 1.82) is 0 Å². The summed E-state index contributed by atoms with van der Waals surface area (Å²) in [4.78, 5) is 19.5. The van der Waals surface area contributed by atoms with Gasteiger partial charge >= 0.3 is 0 Å². The van der Waals surface area contributed by atoms with Gasteiger partial charge in [-0.1, -0.05) is 18.8 Å². The van der Waals surface area contributed by atoms with Gasteiger partial charge in [-0.05, 0) is 87.2 Å². The maximum Gasteiger partial charge on any atom is 0.258 e. The zero-order chi connectivity index (χ0) is 23.7. The molecule has 5 rings (SSSR count). The number of aliphatic hydroxyl groups is 1. The van der Waals surface area contributed by atoms with Gasteiger partial charge in [-0.25, -0.2) is 4.39 Å². The molecule has 2 aromatic carbocycles. The van der Waals surface area contributed by atoms with Crippen molar-refractivity contribution in [1.82, 2.24) is 4.90 Å². The third-order valence-corrected chi connectivity index (χ3v) is 7.36. The molecule has 0 bridgehead atoms. The summed E-state index contributed by atoms with van der Waals surface area (Å²) in [7, 11) is 0. The molecule has 2 fully saturated rings. The molecule has 0 spiro atoms. The van der Waals surface area contributed by atoms with Crippen LogP contribution in [0.3, 0.4) is 0 Å². The summed E-state index contributed by atoms with van der Waals surface area (Å²) in [5.74, 6) is 5.42. The van der Waals surface area contributed by atoms with Crippen LogP contribution in [0.5, 0.6) is 0 Å². The second-order valence-corrected chi connectivity index (χ2v) is 9.54. The van der Waals surface area contributed by atoms with E-state index in [1.54, 1.807) is 11.0 Å². The lowest BCUT2D eigenvalue weighted by molar-refractivity contribution is 0.0980. The molecular weight excluding hydrogens is 429 g/mol. The van der Waals surface area contributed by atoms with E-state index in [0.29, 0.717) is 42.4 Å². The highest BCUT2D eigenvalue weighted by Gasteiger charge is 2.31. The summed E-state index contributed by atoms with van der Waals surface area (Å²) < 4.78 is 15.2. The minimum Gasteiger partial charge on any atom is -0.380 e. The molecule has 3 aliphatic heterocycles. The number of halogens is 1. The Morgan fingerprint density at radius 1 is 1.12 bits per heavy atom. The van der Waals surface area contributed by atoms with Crippen molar-refractivity contribution in [2.75, 3.05) is 42.5 Å². The van der Waals surface area contributed by atoms with Gasteiger partial charge in [0, 0.05) is 42.5 Å². The maximum atomic E-state index is 15.2. The number of anilines is 2. The molecule has 2 atom stereocenters. The van der Waals surface area contributed by atoms with Gasteiger partial charge in [0.2, 0.25) is 0 Å². The number of aliphatic hydroxyl groups excluding tert-OH is 1. The van der Waals surface area contributed by atoms with E-state index in [2.05, 4.69) is 21.6 Å². The van der Waals surface area contributed by atoms with Crippen LogP contribution in [-0.2, 0) is 6.42 Å².